The largest absolute Gasteiger partial charge is 0.363 e. The second-order valence-electron chi connectivity index (χ2n) is 4.20. The normalized spacial score (nSPS) is 24.6. The van der Waals surface area contributed by atoms with Crippen molar-refractivity contribution in [2.45, 2.75) is 38.1 Å². The molecular weight excluding hydrogens is 206 g/mol. The fourth-order valence-electron chi connectivity index (χ4n) is 2.27. The van der Waals surface area contributed by atoms with Crippen LogP contribution in [0.4, 0.5) is 5.82 Å². The molecule has 1 atom stereocenters. The second kappa shape index (κ2) is 4.65. The zero-order chi connectivity index (χ0) is 11.4. The molecule has 0 aliphatic carbocycles. The van der Waals surface area contributed by atoms with Gasteiger partial charge in [-0.2, -0.15) is 0 Å². The van der Waals surface area contributed by atoms with E-state index in [1.54, 1.807) is 6.07 Å². The molecule has 0 spiro atoms. The number of carbonyl (C=O) groups excluding carboxylic acids is 1. The van der Waals surface area contributed by atoms with Crippen LogP contribution in [0.5, 0.6) is 0 Å². The first-order valence-electron chi connectivity index (χ1n) is 5.74. The third kappa shape index (κ3) is 2.09. The summed E-state index contributed by atoms with van der Waals surface area (Å²) >= 11 is 0. The Morgan fingerprint density at radius 2 is 2.62 bits per heavy atom. The molecular formula is C11H17N3O2. The van der Waals surface area contributed by atoms with Crippen LogP contribution in [0.25, 0.3) is 0 Å². The summed E-state index contributed by atoms with van der Waals surface area (Å²) in [6, 6.07) is 1.65. The number of hydrogen-bond donors (Lipinski definition) is 2. The molecule has 1 amide bonds. The Morgan fingerprint density at radius 3 is 3.19 bits per heavy atom. The van der Waals surface area contributed by atoms with Crippen LogP contribution in [0.15, 0.2) is 16.9 Å². The molecule has 1 saturated heterocycles. The Labute approximate surface area is 94.6 Å². The van der Waals surface area contributed by atoms with Crippen LogP contribution in [0.3, 0.4) is 0 Å². The summed E-state index contributed by atoms with van der Waals surface area (Å²) in [4.78, 5) is 12.2. The van der Waals surface area contributed by atoms with Crippen molar-refractivity contribution in [3.63, 3.8) is 0 Å². The van der Waals surface area contributed by atoms with Crippen LogP contribution in [0, 0.1) is 0 Å². The van der Waals surface area contributed by atoms with Gasteiger partial charge in [0.05, 0.1) is 5.54 Å². The number of amides is 1. The third-order valence-electron chi connectivity index (χ3n) is 3.03. The average Bonchev–Trinajstić information content (AvgIpc) is 2.89. The number of rotatable bonds is 4. The van der Waals surface area contributed by atoms with Gasteiger partial charge >= 0.3 is 0 Å². The summed E-state index contributed by atoms with van der Waals surface area (Å²) in [6.45, 7) is 3.00. The Hall–Kier alpha value is -1.36. The number of nitrogens with zero attached hydrogens (tertiary/aromatic N) is 1. The van der Waals surface area contributed by atoms with Crippen molar-refractivity contribution < 1.29 is 9.32 Å². The van der Waals surface area contributed by atoms with E-state index in [1.165, 1.54) is 6.26 Å². The maximum absolute atomic E-state index is 12.2. The number of nitrogens with one attached hydrogen (secondary N) is 2. The fraction of sp³-hybridized carbons (Fsp3) is 0.636. The summed E-state index contributed by atoms with van der Waals surface area (Å²) < 4.78 is 4.69. The Bertz CT molecular complexity index is 342. The molecule has 2 rings (SSSR count). The molecule has 88 valence electrons. The number of aromatic nitrogens is 1. The van der Waals surface area contributed by atoms with Gasteiger partial charge < -0.3 is 15.2 Å². The van der Waals surface area contributed by atoms with Crippen molar-refractivity contribution in [1.82, 2.24) is 10.5 Å². The van der Waals surface area contributed by atoms with Crippen LogP contribution in [-0.2, 0) is 4.79 Å². The molecule has 0 bridgehead atoms. The summed E-state index contributed by atoms with van der Waals surface area (Å²) in [7, 11) is 0. The molecule has 2 N–H and O–H groups in total. The molecule has 2 heterocycles. The molecule has 0 saturated carbocycles. The van der Waals surface area contributed by atoms with E-state index < -0.39 is 5.54 Å². The summed E-state index contributed by atoms with van der Waals surface area (Å²) in [5.41, 5.74) is -0.409. The zero-order valence-corrected chi connectivity index (χ0v) is 9.45. The van der Waals surface area contributed by atoms with Crippen LogP contribution in [0.1, 0.15) is 32.6 Å². The highest BCUT2D eigenvalue weighted by Crippen LogP contribution is 2.26. The van der Waals surface area contributed by atoms with Crippen molar-refractivity contribution in [2.24, 2.45) is 0 Å². The molecule has 1 fully saturated rings. The van der Waals surface area contributed by atoms with Gasteiger partial charge in [0.25, 0.3) is 0 Å². The third-order valence-corrected chi connectivity index (χ3v) is 3.03. The van der Waals surface area contributed by atoms with Crippen LogP contribution < -0.4 is 10.6 Å². The Balaban J connectivity index is 2.05. The minimum absolute atomic E-state index is 0.000694. The van der Waals surface area contributed by atoms with Crippen LogP contribution in [0.2, 0.25) is 0 Å². The van der Waals surface area contributed by atoms with E-state index in [-0.39, 0.29) is 5.91 Å². The molecule has 5 heteroatoms. The molecule has 0 radical (unpaired) electrons. The van der Waals surface area contributed by atoms with Gasteiger partial charge in [-0.3, -0.25) is 4.79 Å². The topological polar surface area (TPSA) is 67.2 Å². The van der Waals surface area contributed by atoms with Gasteiger partial charge in [0.2, 0.25) is 5.91 Å². The summed E-state index contributed by atoms with van der Waals surface area (Å²) in [6.07, 6.45) is 5.23. The predicted molar refractivity (Wildman–Crippen MR) is 60.0 cm³/mol. The Morgan fingerprint density at radius 1 is 1.75 bits per heavy atom. The van der Waals surface area contributed by atoms with Gasteiger partial charge in [0.1, 0.15) is 6.26 Å². The molecule has 1 aromatic heterocycles. The molecule has 1 unspecified atom stereocenters. The van der Waals surface area contributed by atoms with Crippen molar-refractivity contribution in [2.75, 3.05) is 11.9 Å². The minimum Gasteiger partial charge on any atom is -0.363 e. The number of hydrogen-bond acceptors (Lipinski definition) is 4. The van der Waals surface area contributed by atoms with Crippen LogP contribution in [-0.4, -0.2) is 23.1 Å². The second-order valence-corrected chi connectivity index (χ2v) is 4.20. The lowest BCUT2D eigenvalue weighted by molar-refractivity contribution is -0.122. The van der Waals surface area contributed by atoms with E-state index in [4.69, 9.17) is 0 Å². The highest BCUT2D eigenvalue weighted by molar-refractivity contribution is 5.97. The molecule has 1 aliphatic rings. The van der Waals surface area contributed by atoms with Crippen molar-refractivity contribution in [1.29, 1.82) is 0 Å². The van der Waals surface area contributed by atoms with Gasteiger partial charge in [0.15, 0.2) is 5.82 Å². The lowest BCUT2D eigenvalue weighted by atomic mass is 9.91. The van der Waals surface area contributed by atoms with Gasteiger partial charge in [0, 0.05) is 6.07 Å². The van der Waals surface area contributed by atoms with Gasteiger partial charge in [-0.15, -0.1) is 0 Å². The van der Waals surface area contributed by atoms with Gasteiger partial charge in [-0.1, -0.05) is 18.5 Å². The van der Waals surface area contributed by atoms with Crippen molar-refractivity contribution in [3.05, 3.63) is 12.3 Å². The van der Waals surface area contributed by atoms with Gasteiger partial charge in [-0.05, 0) is 25.8 Å². The Kier molecular flexibility index (Phi) is 3.24. The van der Waals surface area contributed by atoms with E-state index in [0.29, 0.717) is 5.82 Å². The smallest absolute Gasteiger partial charge is 0.245 e. The highest BCUT2D eigenvalue weighted by Gasteiger charge is 2.40. The standard InChI is InChI=1S/C11H17N3O2/c1-2-5-11(6-3-7-12-11)10(15)13-9-4-8-16-14-9/h4,8,12H,2-3,5-7H2,1H3,(H,13,14,15). The average molecular weight is 223 g/mol. The monoisotopic (exact) mass is 223 g/mol. The SMILES string of the molecule is CCCC1(C(=O)Nc2ccon2)CCCN1. The summed E-state index contributed by atoms with van der Waals surface area (Å²) in [5.74, 6) is 0.481. The summed E-state index contributed by atoms with van der Waals surface area (Å²) in [5, 5.41) is 9.78. The molecule has 0 aromatic carbocycles. The van der Waals surface area contributed by atoms with E-state index >= 15 is 0 Å². The molecule has 1 aliphatic heterocycles. The number of anilines is 1. The lowest BCUT2D eigenvalue weighted by Gasteiger charge is -2.27. The zero-order valence-electron chi connectivity index (χ0n) is 9.45. The van der Waals surface area contributed by atoms with E-state index in [2.05, 4.69) is 27.2 Å². The van der Waals surface area contributed by atoms with E-state index in [0.717, 1.165) is 32.2 Å². The van der Waals surface area contributed by atoms with Crippen molar-refractivity contribution in [3.8, 4) is 0 Å². The van der Waals surface area contributed by atoms with Crippen LogP contribution >= 0.6 is 0 Å². The first-order chi connectivity index (χ1) is 7.77. The quantitative estimate of drug-likeness (QED) is 0.812. The lowest BCUT2D eigenvalue weighted by Crippen LogP contribution is -2.50. The maximum atomic E-state index is 12.2. The number of carbonyl (C=O) groups is 1. The minimum atomic E-state index is -0.409. The highest BCUT2D eigenvalue weighted by atomic mass is 16.5. The molecule has 5 nitrogen and oxygen atoms in total. The molecule has 1 aromatic rings. The van der Waals surface area contributed by atoms with Gasteiger partial charge in [-0.25, -0.2) is 0 Å². The fourth-order valence-corrected chi connectivity index (χ4v) is 2.27. The van der Waals surface area contributed by atoms with E-state index in [1.807, 2.05) is 0 Å². The van der Waals surface area contributed by atoms with Crippen molar-refractivity contribution >= 4 is 11.7 Å². The molecule has 16 heavy (non-hydrogen) atoms. The first kappa shape index (κ1) is 11.1. The van der Waals surface area contributed by atoms with E-state index in [9.17, 15) is 4.79 Å². The maximum Gasteiger partial charge on any atom is 0.245 e. The first-order valence-corrected chi connectivity index (χ1v) is 5.74. The predicted octanol–water partition coefficient (Wildman–Crippen LogP) is 1.54.